The quantitative estimate of drug-likeness (QED) is 0.552. The number of hydrogen-bond donors (Lipinski definition) is 3. The maximum Gasteiger partial charge on any atom is 0.330 e. The minimum Gasteiger partial charge on any atom is -0.391 e. The normalized spacial score (nSPS) is 24.1. The van der Waals surface area contributed by atoms with Crippen LogP contribution in [0, 0.1) is 12.7 Å². The lowest BCUT2D eigenvalue weighted by molar-refractivity contribution is -0.187. The number of nitrogens with zero attached hydrogens (tertiary/aromatic N) is 4. The van der Waals surface area contributed by atoms with E-state index >= 15 is 0 Å². The molecule has 11 heteroatoms. The first kappa shape index (κ1) is 19.2. The van der Waals surface area contributed by atoms with Crippen LogP contribution in [-0.4, -0.2) is 47.5 Å². The summed E-state index contributed by atoms with van der Waals surface area (Å²) >= 11 is 0. The number of aromatic nitrogens is 5. The van der Waals surface area contributed by atoms with Crippen LogP contribution in [-0.2, 0) is 10.5 Å². The molecule has 0 aliphatic carbocycles. The highest BCUT2D eigenvalue weighted by Crippen LogP contribution is 2.39. The summed E-state index contributed by atoms with van der Waals surface area (Å²) < 4.78 is 21.3. The number of benzene rings is 1. The maximum atomic E-state index is 13.1. The molecule has 152 valence electrons. The fraction of sp³-hybridized carbons (Fsp3) is 0.333. The predicted molar refractivity (Wildman–Crippen MR) is 97.3 cm³/mol. The number of aliphatic hydroxyl groups excluding tert-OH is 2. The van der Waals surface area contributed by atoms with E-state index in [9.17, 15) is 24.2 Å². The molecule has 1 saturated heterocycles. The van der Waals surface area contributed by atoms with Gasteiger partial charge < -0.3 is 14.9 Å². The molecule has 4 rings (SSSR count). The molecular formula is C18H18FN5O5. The van der Waals surface area contributed by atoms with Crippen molar-refractivity contribution in [2.24, 2.45) is 0 Å². The zero-order valence-electron chi connectivity index (χ0n) is 15.3. The van der Waals surface area contributed by atoms with Gasteiger partial charge in [0.2, 0.25) is 5.72 Å². The molecule has 0 spiro atoms. The van der Waals surface area contributed by atoms with Crippen LogP contribution in [0.1, 0.15) is 18.2 Å². The Morgan fingerprint density at radius 2 is 2.03 bits per heavy atom. The lowest BCUT2D eigenvalue weighted by Crippen LogP contribution is -2.46. The van der Waals surface area contributed by atoms with Gasteiger partial charge in [-0.25, -0.2) is 13.9 Å². The monoisotopic (exact) mass is 403 g/mol. The van der Waals surface area contributed by atoms with Crippen molar-refractivity contribution in [3.8, 4) is 11.3 Å². The van der Waals surface area contributed by atoms with Gasteiger partial charge in [0, 0.05) is 23.7 Å². The van der Waals surface area contributed by atoms with E-state index in [1.807, 2.05) is 0 Å². The van der Waals surface area contributed by atoms with Gasteiger partial charge in [-0.2, -0.15) is 0 Å². The van der Waals surface area contributed by atoms with Crippen molar-refractivity contribution in [2.45, 2.75) is 31.4 Å². The molecule has 0 saturated carbocycles. The second-order valence-electron chi connectivity index (χ2n) is 6.86. The van der Waals surface area contributed by atoms with Crippen LogP contribution < -0.4 is 11.2 Å². The van der Waals surface area contributed by atoms with Gasteiger partial charge in [-0.1, -0.05) is 5.21 Å². The van der Waals surface area contributed by atoms with Gasteiger partial charge in [0.05, 0.1) is 12.8 Å². The topological polar surface area (TPSA) is 135 Å². The van der Waals surface area contributed by atoms with Crippen LogP contribution in [0.15, 0.2) is 46.2 Å². The zero-order chi connectivity index (χ0) is 20.8. The van der Waals surface area contributed by atoms with Crippen LogP contribution in [0.4, 0.5) is 4.39 Å². The lowest BCUT2D eigenvalue weighted by atomic mass is 10.1. The average Bonchev–Trinajstić information content (AvgIpc) is 3.31. The number of nitrogens with one attached hydrogen (secondary N) is 1. The van der Waals surface area contributed by atoms with Gasteiger partial charge in [0.1, 0.15) is 23.8 Å². The van der Waals surface area contributed by atoms with E-state index in [-0.39, 0.29) is 6.42 Å². The van der Waals surface area contributed by atoms with E-state index in [1.54, 1.807) is 0 Å². The van der Waals surface area contributed by atoms with Crippen LogP contribution in [0.3, 0.4) is 0 Å². The predicted octanol–water partition coefficient (Wildman–Crippen LogP) is -0.132. The molecular weight excluding hydrogens is 385 g/mol. The number of halogens is 1. The molecule has 2 aromatic heterocycles. The summed E-state index contributed by atoms with van der Waals surface area (Å²) in [6, 6.07) is 5.59. The third kappa shape index (κ3) is 3.18. The summed E-state index contributed by atoms with van der Waals surface area (Å²) in [6.45, 7) is 0.889. The number of rotatable bonds is 4. The summed E-state index contributed by atoms with van der Waals surface area (Å²) in [4.78, 5) is 25.9. The molecule has 3 aromatic rings. The molecule has 10 nitrogen and oxygen atoms in total. The first-order valence-electron chi connectivity index (χ1n) is 8.81. The van der Waals surface area contributed by atoms with E-state index in [4.69, 9.17) is 4.74 Å². The van der Waals surface area contributed by atoms with Gasteiger partial charge >= 0.3 is 5.69 Å². The summed E-state index contributed by atoms with van der Waals surface area (Å²) in [6.07, 6.45) is 0.586. The van der Waals surface area contributed by atoms with E-state index in [2.05, 4.69) is 15.3 Å². The Bertz CT molecular complexity index is 1150. The maximum absolute atomic E-state index is 13.1. The molecule has 3 N–H and O–H groups in total. The highest BCUT2D eigenvalue weighted by atomic mass is 19.1. The van der Waals surface area contributed by atoms with Gasteiger partial charge in [-0.3, -0.25) is 14.3 Å². The Balaban J connectivity index is 1.69. The minimum absolute atomic E-state index is 0.0301. The summed E-state index contributed by atoms with van der Waals surface area (Å²) in [7, 11) is 0. The van der Waals surface area contributed by atoms with Crippen molar-refractivity contribution in [2.75, 3.05) is 6.61 Å². The number of aryl methyl sites for hydroxylation is 1. The zero-order valence-corrected chi connectivity index (χ0v) is 15.3. The number of H-pyrrole nitrogens is 1. The summed E-state index contributed by atoms with van der Waals surface area (Å²) in [5.74, 6) is -0.396. The van der Waals surface area contributed by atoms with Crippen molar-refractivity contribution in [1.82, 2.24) is 24.5 Å². The lowest BCUT2D eigenvalue weighted by Gasteiger charge is -2.29. The molecule has 0 unspecified atom stereocenters. The van der Waals surface area contributed by atoms with Crippen LogP contribution in [0.5, 0.6) is 0 Å². The van der Waals surface area contributed by atoms with Crippen molar-refractivity contribution < 1.29 is 19.3 Å². The van der Waals surface area contributed by atoms with Crippen molar-refractivity contribution >= 4 is 0 Å². The Kier molecular flexibility index (Phi) is 4.65. The smallest absolute Gasteiger partial charge is 0.330 e. The molecule has 0 amide bonds. The van der Waals surface area contributed by atoms with Crippen LogP contribution >= 0.6 is 0 Å². The number of aromatic amines is 1. The van der Waals surface area contributed by atoms with Crippen LogP contribution in [0.2, 0.25) is 0 Å². The largest absolute Gasteiger partial charge is 0.391 e. The summed E-state index contributed by atoms with van der Waals surface area (Å²) in [5, 5.41) is 28.6. The molecule has 1 aliphatic rings. The van der Waals surface area contributed by atoms with Gasteiger partial charge in [0.25, 0.3) is 5.56 Å². The molecule has 1 aliphatic heterocycles. The van der Waals surface area contributed by atoms with Gasteiger partial charge in [0.15, 0.2) is 0 Å². The highest BCUT2D eigenvalue weighted by molar-refractivity contribution is 5.57. The Morgan fingerprint density at radius 1 is 1.31 bits per heavy atom. The minimum atomic E-state index is -1.68. The van der Waals surface area contributed by atoms with Crippen LogP contribution in [0.25, 0.3) is 11.3 Å². The average molecular weight is 403 g/mol. The number of hydrogen-bond acceptors (Lipinski definition) is 7. The fourth-order valence-corrected chi connectivity index (χ4v) is 3.33. The molecule has 0 bridgehead atoms. The molecule has 3 heterocycles. The van der Waals surface area contributed by atoms with E-state index < -0.39 is 41.7 Å². The number of aliphatic hydroxyl groups is 2. The van der Waals surface area contributed by atoms with E-state index in [0.717, 1.165) is 4.57 Å². The number of ether oxygens (including phenoxy) is 1. The Hall–Kier alpha value is -3.15. The van der Waals surface area contributed by atoms with Gasteiger partial charge in [-0.15, -0.1) is 5.10 Å². The first-order chi connectivity index (χ1) is 13.8. The molecule has 1 aromatic carbocycles. The molecule has 0 radical (unpaired) electrons. The molecule has 29 heavy (non-hydrogen) atoms. The van der Waals surface area contributed by atoms with Crippen molar-refractivity contribution in [3.63, 3.8) is 0 Å². The van der Waals surface area contributed by atoms with Gasteiger partial charge in [-0.05, 0) is 31.2 Å². The SMILES string of the molecule is Cc1cn([C@H]2C[C@H](O)[C@](CO)(n3cc(-c4ccc(F)cc4)nn3)O2)c(=O)[nH]c1=O. The van der Waals surface area contributed by atoms with E-state index in [1.165, 1.54) is 48.3 Å². The first-order valence-corrected chi connectivity index (χ1v) is 8.81. The third-order valence-electron chi connectivity index (χ3n) is 4.99. The second-order valence-corrected chi connectivity index (χ2v) is 6.86. The highest BCUT2D eigenvalue weighted by Gasteiger charge is 2.51. The van der Waals surface area contributed by atoms with Crippen molar-refractivity contribution in [1.29, 1.82) is 0 Å². The fourth-order valence-electron chi connectivity index (χ4n) is 3.33. The second kappa shape index (κ2) is 7.03. The molecule has 1 fully saturated rings. The Labute approximate surface area is 162 Å². The van der Waals surface area contributed by atoms with E-state index in [0.29, 0.717) is 16.8 Å². The van der Waals surface area contributed by atoms with Crippen molar-refractivity contribution in [3.05, 3.63) is 68.9 Å². The molecule has 3 atom stereocenters. The Morgan fingerprint density at radius 3 is 2.72 bits per heavy atom. The third-order valence-corrected chi connectivity index (χ3v) is 4.99. The summed E-state index contributed by atoms with van der Waals surface area (Å²) in [5.41, 5.74) is -1.63. The standard InChI is InChI=1S/C18H18FN5O5/c1-10-7-23(17(28)20-16(10)27)15-6-14(26)18(9-25,29-15)24-8-13(21-22-24)11-2-4-12(19)5-3-11/h2-5,7-8,14-15,25-26H,6,9H2,1H3,(H,20,27,28)/t14-,15+,18+/m0/s1.